The van der Waals surface area contributed by atoms with E-state index in [1.807, 2.05) is 6.07 Å². The molecule has 0 unspecified atom stereocenters. The normalized spacial score (nSPS) is 11.3. The van der Waals surface area contributed by atoms with Crippen LogP contribution in [0.3, 0.4) is 0 Å². The zero-order valence-electron chi connectivity index (χ0n) is 8.25. The molecule has 0 radical (unpaired) electrons. The van der Waals surface area contributed by atoms with Crippen LogP contribution in [0, 0.1) is 0 Å². The summed E-state index contributed by atoms with van der Waals surface area (Å²) in [5.41, 5.74) is 1.61. The first-order valence-corrected chi connectivity index (χ1v) is 4.33. The van der Waals surface area contributed by atoms with E-state index in [2.05, 4.69) is 0 Å². The minimum absolute atomic E-state index is 0.694. The van der Waals surface area contributed by atoms with Gasteiger partial charge in [-0.05, 0) is 30.4 Å². The minimum Gasteiger partial charge on any atom is -0.478 e. The van der Waals surface area contributed by atoms with Crippen LogP contribution in [0.1, 0.15) is 11.4 Å². The molecule has 1 aromatic heterocycles. The number of rotatable bonds is 4. The van der Waals surface area contributed by atoms with Crippen LogP contribution >= 0.6 is 0 Å². The van der Waals surface area contributed by atoms with Crippen molar-refractivity contribution in [2.24, 2.45) is 7.05 Å². The van der Waals surface area contributed by atoms with Crippen molar-refractivity contribution < 1.29 is 14.7 Å². The second-order valence-corrected chi connectivity index (χ2v) is 2.91. The summed E-state index contributed by atoms with van der Waals surface area (Å²) in [6, 6.07) is 3.59. The first kappa shape index (κ1) is 11.0. The van der Waals surface area contributed by atoms with E-state index in [-0.39, 0.29) is 0 Å². The van der Waals surface area contributed by atoms with Crippen LogP contribution in [0.2, 0.25) is 0 Å². The highest BCUT2D eigenvalue weighted by atomic mass is 16.4. The Kier molecular flexibility index (Phi) is 3.62. The van der Waals surface area contributed by atoms with Gasteiger partial charge in [0.25, 0.3) is 0 Å². The van der Waals surface area contributed by atoms with Gasteiger partial charge in [-0.2, -0.15) is 0 Å². The first-order valence-electron chi connectivity index (χ1n) is 4.33. The van der Waals surface area contributed by atoms with Gasteiger partial charge in [-0.15, -0.1) is 0 Å². The van der Waals surface area contributed by atoms with Crippen molar-refractivity contribution >= 4 is 24.4 Å². The average molecular weight is 205 g/mol. The number of hydrogen-bond donors (Lipinski definition) is 1. The van der Waals surface area contributed by atoms with E-state index in [0.29, 0.717) is 6.29 Å². The predicted molar refractivity (Wildman–Crippen MR) is 57.2 cm³/mol. The fourth-order valence-electron chi connectivity index (χ4n) is 1.17. The van der Waals surface area contributed by atoms with E-state index in [1.54, 1.807) is 23.8 Å². The molecular formula is C11H11NO3. The van der Waals surface area contributed by atoms with Crippen molar-refractivity contribution in [2.45, 2.75) is 0 Å². The minimum atomic E-state index is -0.985. The highest BCUT2D eigenvalue weighted by Gasteiger charge is 1.98. The van der Waals surface area contributed by atoms with Gasteiger partial charge >= 0.3 is 5.97 Å². The zero-order chi connectivity index (χ0) is 11.3. The number of carboxylic acids is 1. The van der Waals surface area contributed by atoms with Gasteiger partial charge in [0.05, 0.1) is 0 Å². The summed E-state index contributed by atoms with van der Waals surface area (Å²) in [4.78, 5) is 20.4. The highest BCUT2D eigenvalue weighted by molar-refractivity contribution is 5.85. The second kappa shape index (κ2) is 4.95. The number of carbonyl (C=O) groups is 2. The maximum Gasteiger partial charge on any atom is 0.328 e. The SMILES string of the molecule is Cn1c(/C=C/C=O)ccc1/C=C/C(=O)O. The number of nitrogens with zero attached hydrogens (tertiary/aromatic N) is 1. The van der Waals surface area contributed by atoms with Gasteiger partial charge in [-0.1, -0.05) is 0 Å². The Morgan fingerprint density at radius 3 is 2.47 bits per heavy atom. The number of aromatic nitrogens is 1. The van der Waals surface area contributed by atoms with Gasteiger partial charge in [0, 0.05) is 24.5 Å². The highest BCUT2D eigenvalue weighted by Crippen LogP contribution is 2.10. The van der Waals surface area contributed by atoms with Crippen molar-refractivity contribution in [3.8, 4) is 0 Å². The van der Waals surface area contributed by atoms with Crippen LogP contribution in [0.25, 0.3) is 12.2 Å². The Hall–Kier alpha value is -2.10. The molecule has 0 aliphatic heterocycles. The van der Waals surface area contributed by atoms with Crippen molar-refractivity contribution in [3.05, 3.63) is 35.7 Å². The van der Waals surface area contributed by atoms with E-state index in [1.165, 1.54) is 12.2 Å². The van der Waals surface area contributed by atoms with Crippen molar-refractivity contribution in [2.75, 3.05) is 0 Å². The fourth-order valence-corrected chi connectivity index (χ4v) is 1.17. The number of allylic oxidation sites excluding steroid dienone is 1. The third kappa shape index (κ3) is 2.95. The number of carboxylic acid groups (broad SMARTS) is 1. The third-order valence-electron chi connectivity index (χ3n) is 1.94. The Morgan fingerprint density at radius 1 is 1.33 bits per heavy atom. The first-order chi connectivity index (χ1) is 7.15. The van der Waals surface area contributed by atoms with Crippen LogP contribution in [0.4, 0.5) is 0 Å². The number of carbonyl (C=O) groups excluding carboxylic acids is 1. The summed E-state index contributed by atoms with van der Waals surface area (Å²) in [6.07, 6.45) is 6.31. The molecule has 0 spiro atoms. The van der Waals surface area contributed by atoms with E-state index in [0.717, 1.165) is 17.5 Å². The van der Waals surface area contributed by atoms with Gasteiger partial charge < -0.3 is 9.67 Å². The van der Waals surface area contributed by atoms with Crippen molar-refractivity contribution in [1.82, 2.24) is 4.57 Å². The van der Waals surface area contributed by atoms with Gasteiger partial charge in [0.15, 0.2) is 0 Å². The summed E-state index contributed by atoms with van der Waals surface area (Å²) < 4.78 is 1.79. The molecule has 0 aromatic carbocycles. The molecule has 4 heteroatoms. The summed E-state index contributed by atoms with van der Waals surface area (Å²) >= 11 is 0. The van der Waals surface area contributed by atoms with E-state index < -0.39 is 5.97 Å². The molecule has 78 valence electrons. The molecule has 0 aliphatic rings. The molecule has 15 heavy (non-hydrogen) atoms. The van der Waals surface area contributed by atoms with E-state index >= 15 is 0 Å². The fraction of sp³-hybridized carbons (Fsp3) is 0.0909. The molecule has 0 saturated carbocycles. The molecule has 0 atom stereocenters. The maximum absolute atomic E-state index is 10.3. The zero-order valence-corrected chi connectivity index (χ0v) is 8.25. The van der Waals surface area contributed by atoms with Gasteiger partial charge in [0.1, 0.15) is 6.29 Å². The lowest BCUT2D eigenvalue weighted by Gasteiger charge is -1.99. The molecule has 1 N–H and O–H groups in total. The van der Waals surface area contributed by atoms with Crippen molar-refractivity contribution in [3.63, 3.8) is 0 Å². The number of hydrogen-bond acceptors (Lipinski definition) is 2. The molecule has 4 nitrogen and oxygen atoms in total. The van der Waals surface area contributed by atoms with Gasteiger partial charge in [-0.25, -0.2) is 4.79 Å². The molecule has 0 bridgehead atoms. The van der Waals surface area contributed by atoms with Crippen LogP contribution in [-0.2, 0) is 16.6 Å². The van der Waals surface area contributed by atoms with Crippen LogP contribution in [0.5, 0.6) is 0 Å². The Balaban J connectivity index is 2.93. The lowest BCUT2D eigenvalue weighted by molar-refractivity contribution is -0.131. The molecule has 0 fully saturated rings. The molecule has 1 aromatic rings. The largest absolute Gasteiger partial charge is 0.478 e. The van der Waals surface area contributed by atoms with E-state index in [4.69, 9.17) is 5.11 Å². The lowest BCUT2D eigenvalue weighted by atomic mass is 10.4. The monoisotopic (exact) mass is 205 g/mol. The van der Waals surface area contributed by atoms with Crippen LogP contribution in [0.15, 0.2) is 24.3 Å². The summed E-state index contributed by atoms with van der Waals surface area (Å²) in [7, 11) is 1.80. The second-order valence-electron chi connectivity index (χ2n) is 2.91. The lowest BCUT2D eigenvalue weighted by Crippen LogP contribution is -1.94. The molecule has 0 saturated heterocycles. The Morgan fingerprint density at radius 2 is 1.93 bits per heavy atom. The molecule has 0 aliphatic carbocycles. The third-order valence-corrected chi connectivity index (χ3v) is 1.94. The van der Waals surface area contributed by atoms with Gasteiger partial charge in [-0.3, -0.25) is 4.79 Å². The standard InChI is InChI=1S/C11H11NO3/c1-12-9(3-2-8-13)4-5-10(12)6-7-11(14)15/h2-8H,1H3,(H,14,15)/b3-2+,7-6+. The number of aliphatic carboxylic acids is 1. The van der Waals surface area contributed by atoms with Crippen molar-refractivity contribution in [1.29, 1.82) is 0 Å². The molecule has 1 heterocycles. The number of aldehydes is 1. The summed E-state index contributed by atoms with van der Waals surface area (Å²) in [6.45, 7) is 0. The molecule has 1 rings (SSSR count). The Bertz CT molecular complexity index is 427. The van der Waals surface area contributed by atoms with E-state index in [9.17, 15) is 9.59 Å². The summed E-state index contributed by atoms with van der Waals surface area (Å²) in [5.74, 6) is -0.985. The smallest absolute Gasteiger partial charge is 0.328 e. The topological polar surface area (TPSA) is 59.3 Å². The predicted octanol–water partition coefficient (Wildman–Crippen LogP) is 1.33. The summed E-state index contributed by atoms with van der Waals surface area (Å²) in [5, 5.41) is 8.46. The molecule has 0 amide bonds. The van der Waals surface area contributed by atoms with Gasteiger partial charge in [0.2, 0.25) is 0 Å². The van der Waals surface area contributed by atoms with Crippen LogP contribution in [-0.4, -0.2) is 21.9 Å². The van der Waals surface area contributed by atoms with Crippen LogP contribution < -0.4 is 0 Å². The Labute approximate surface area is 87.1 Å². The molecular weight excluding hydrogens is 194 g/mol. The average Bonchev–Trinajstić information content (AvgIpc) is 2.54. The maximum atomic E-state index is 10.3. The quantitative estimate of drug-likeness (QED) is 0.596.